The van der Waals surface area contributed by atoms with Gasteiger partial charge in [0, 0.05) is 0 Å². The average molecular weight is 727 g/mol. The van der Waals surface area contributed by atoms with Gasteiger partial charge in [0.2, 0.25) is 6.29 Å². The van der Waals surface area contributed by atoms with E-state index in [9.17, 15) is 9.36 Å². The van der Waals surface area contributed by atoms with Crippen LogP contribution >= 0.6 is 7.82 Å². The maximum atomic E-state index is 14.3. The minimum atomic E-state index is -4.21. The van der Waals surface area contributed by atoms with E-state index in [1.54, 1.807) is 20.8 Å². The van der Waals surface area contributed by atoms with Crippen LogP contribution in [0.15, 0.2) is 91.0 Å². The van der Waals surface area contributed by atoms with Gasteiger partial charge in [-0.05, 0) is 50.3 Å². The first-order valence-electron chi connectivity index (χ1n) is 18.0. The Morgan fingerprint density at radius 3 is 1.63 bits per heavy atom. The summed E-state index contributed by atoms with van der Waals surface area (Å²) in [5.74, 6) is -0.521. The lowest BCUT2D eigenvalue weighted by Crippen LogP contribution is -2.62. The number of phosphoric ester groups is 1. The molecule has 11 heteroatoms. The summed E-state index contributed by atoms with van der Waals surface area (Å²) in [5, 5.41) is 0. The molecule has 1 fully saturated rings. The highest BCUT2D eigenvalue weighted by atomic mass is 31.2. The summed E-state index contributed by atoms with van der Waals surface area (Å²) in [4.78, 5) is 13.6. The number of carbonyl (C=O) groups is 1. The molecule has 1 aliphatic rings. The Balaban J connectivity index is 1.73. The molecule has 3 aromatic rings. The van der Waals surface area contributed by atoms with Crippen molar-refractivity contribution in [3.8, 4) is 0 Å². The zero-order chi connectivity index (χ0) is 36.5. The summed E-state index contributed by atoms with van der Waals surface area (Å²) < 4.78 is 64.3. The SMILES string of the molecule is CCCCOP(=O)(OCCCC)OC1OC(COCc2ccccc2)[C@@H](OCc2ccccc2)C(OCc2ccccc2)C1OC(=O)C(C)(C)C. The van der Waals surface area contributed by atoms with Gasteiger partial charge in [-0.25, -0.2) is 4.57 Å². The molecule has 10 nitrogen and oxygen atoms in total. The van der Waals surface area contributed by atoms with Crippen molar-refractivity contribution in [3.63, 3.8) is 0 Å². The predicted octanol–water partition coefficient (Wildman–Crippen LogP) is 8.81. The molecule has 1 aliphatic heterocycles. The van der Waals surface area contributed by atoms with Crippen LogP contribution in [0.5, 0.6) is 0 Å². The van der Waals surface area contributed by atoms with E-state index in [1.165, 1.54) is 0 Å². The normalized spacial score (nSPS) is 21.0. The number of hydrogen-bond donors (Lipinski definition) is 0. The molecule has 0 N–H and O–H groups in total. The molecule has 0 amide bonds. The van der Waals surface area contributed by atoms with E-state index in [-0.39, 0.29) is 33.0 Å². The lowest BCUT2D eigenvalue weighted by atomic mass is 9.95. The number of esters is 1. The Morgan fingerprint density at radius 2 is 1.16 bits per heavy atom. The van der Waals surface area contributed by atoms with Crippen LogP contribution in [0.2, 0.25) is 0 Å². The predicted molar refractivity (Wildman–Crippen MR) is 195 cm³/mol. The topological polar surface area (TPSA) is 108 Å². The molecule has 1 heterocycles. The van der Waals surface area contributed by atoms with Crippen molar-refractivity contribution in [1.29, 1.82) is 0 Å². The Kier molecular flexibility index (Phi) is 16.8. The van der Waals surface area contributed by atoms with Gasteiger partial charge in [-0.2, -0.15) is 0 Å². The summed E-state index contributed by atoms with van der Waals surface area (Å²) in [5.41, 5.74) is 1.93. The number of ether oxygens (including phenoxy) is 5. The fourth-order valence-electron chi connectivity index (χ4n) is 5.18. The van der Waals surface area contributed by atoms with Crippen molar-refractivity contribution in [2.75, 3.05) is 19.8 Å². The van der Waals surface area contributed by atoms with Gasteiger partial charge < -0.3 is 23.7 Å². The van der Waals surface area contributed by atoms with E-state index in [4.69, 9.17) is 37.3 Å². The Hall–Kier alpha value is -2.92. The quantitative estimate of drug-likeness (QED) is 0.0600. The molecule has 3 aromatic carbocycles. The minimum absolute atomic E-state index is 0.0665. The zero-order valence-electron chi connectivity index (χ0n) is 30.6. The Labute approximate surface area is 303 Å². The third-order valence-corrected chi connectivity index (χ3v) is 9.60. The van der Waals surface area contributed by atoms with Gasteiger partial charge in [0.15, 0.2) is 6.10 Å². The first-order chi connectivity index (χ1) is 24.6. The fraction of sp³-hybridized carbons (Fsp3) is 0.525. The monoisotopic (exact) mass is 726 g/mol. The second-order valence-corrected chi connectivity index (χ2v) is 15.2. The maximum absolute atomic E-state index is 14.3. The average Bonchev–Trinajstić information content (AvgIpc) is 3.12. The van der Waals surface area contributed by atoms with Crippen LogP contribution in [0.25, 0.3) is 0 Å². The van der Waals surface area contributed by atoms with E-state index >= 15 is 0 Å². The van der Waals surface area contributed by atoms with Gasteiger partial charge in [-0.3, -0.25) is 18.4 Å². The third kappa shape index (κ3) is 13.5. The molecule has 1 saturated heterocycles. The summed E-state index contributed by atoms with van der Waals surface area (Å²) in [6.07, 6.45) is -2.24. The molecule has 0 saturated carbocycles. The van der Waals surface area contributed by atoms with Crippen LogP contribution in [-0.4, -0.2) is 56.5 Å². The second kappa shape index (κ2) is 20.9. The van der Waals surface area contributed by atoms with Gasteiger partial charge in [0.1, 0.15) is 18.3 Å². The second-order valence-electron chi connectivity index (χ2n) is 13.6. The summed E-state index contributed by atoms with van der Waals surface area (Å²) in [7, 11) is -4.21. The van der Waals surface area contributed by atoms with Crippen molar-refractivity contribution in [3.05, 3.63) is 108 Å². The molecular formula is C40H55O10P. The first-order valence-corrected chi connectivity index (χ1v) is 19.4. The molecule has 0 radical (unpaired) electrons. The molecule has 5 atom stereocenters. The van der Waals surface area contributed by atoms with Gasteiger partial charge in [-0.15, -0.1) is 0 Å². The van der Waals surface area contributed by atoms with Gasteiger partial charge >= 0.3 is 13.8 Å². The van der Waals surface area contributed by atoms with Gasteiger partial charge in [0.25, 0.3) is 0 Å². The van der Waals surface area contributed by atoms with Crippen LogP contribution in [0.1, 0.15) is 77.0 Å². The van der Waals surface area contributed by atoms with Crippen LogP contribution < -0.4 is 0 Å². The summed E-state index contributed by atoms with van der Waals surface area (Å²) in [6, 6.07) is 29.2. The van der Waals surface area contributed by atoms with E-state index in [0.717, 1.165) is 29.5 Å². The highest BCUT2D eigenvalue weighted by Crippen LogP contribution is 2.53. The van der Waals surface area contributed by atoms with Crippen molar-refractivity contribution in [1.82, 2.24) is 0 Å². The summed E-state index contributed by atoms with van der Waals surface area (Å²) >= 11 is 0. The Morgan fingerprint density at radius 1 is 0.686 bits per heavy atom. The highest BCUT2D eigenvalue weighted by Gasteiger charge is 2.53. The number of phosphoric acid groups is 1. The van der Waals surface area contributed by atoms with E-state index in [1.807, 2.05) is 105 Å². The van der Waals surface area contributed by atoms with Crippen LogP contribution in [0.4, 0.5) is 0 Å². The molecule has 280 valence electrons. The van der Waals surface area contributed by atoms with E-state index in [2.05, 4.69) is 0 Å². The van der Waals surface area contributed by atoms with Crippen LogP contribution in [0, 0.1) is 5.41 Å². The summed E-state index contributed by atoms with van der Waals surface area (Å²) in [6.45, 7) is 10.3. The van der Waals surface area contributed by atoms with Crippen molar-refractivity contribution in [2.24, 2.45) is 5.41 Å². The highest BCUT2D eigenvalue weighted by molar-refractivity contribution is 7.48. The van der Waals surface area contributed by atoms with Crippen molar-refractivity contribution in [2.45, 2.75) is 111 Å². The fourth-order valence-corrected chi connectivity index (χ4v) is 6.51. The van der Waals surface area contributed by atoms with E-state index in [0.29, 0.717) is 19.4 Å². The number of rotatable bonds is 21. The van der Waals surface area contributed by atoms with Crippen LogP contribution in [-0.2, 0) is 66.4 Å². The number of unbranched alkanes of at least 4 members (excludes halogenated alkanes) is 2. The number of carbonyl (C=O) groups excluding carboxylic acids is 1. The van der Waals surface area contributed by atoms with Gasteiger partial charge in [0.05, 0.1) is 45.1 Å². The number of benzene rings is 3. The maximum Gasteiger partial charge on any atom is 0.477 e. The molecule has 4 unspecified atom stereocenters. The molecule has 0 bridgehead atoms. The third-order valence-electron chi connectivity index (χ3n) is 8.14. The molecule has 4 rings (SSSR count). The molecule has 0 spiro atoms. The lowest BCUT2D eigenvalue weighted by molar-refractivity contribution is -0.307. The first kappa shape index (κ1) is 40.8. The van der Waals surface area contributed by atoms with E-state index < -0.39 is 49.9 Å². The van der Waals surface area contributed by atoms with Crippen molar-refractivity contribution < 1.29 is 46.6 Å². The molecule has 0 aliphatic carbocycles. The Bertz CT molecular complexity index is 1440. The largest absolute Gasteiger partial charge is 0.477 e. The standard InChI is InChI=1S/C40H55O10P/c1-6-8-25-46-51(42,47-26-9-7-2)50-38-37(49-39(41)40(3,4)5)36(45-29-33-23-17-12-18-24-33)35(44-28-32-21-15-11-16-22-32)34(48-38)30-43-27-31-19-13-10-14-20-31/h10-24,34-38H,6-9,25-30H2,1-5H3/t34?,35-,36?,37?,38?/m1/s1. The lowest BCUT2D eigenvalue weighted by Gasteiger charge is -2.46. The zero-order valence-corrected chi connectivity index (χ0v) is 31.5. The smallest absolute Gasteiger partial charge is 0.454 e. The minimum Gasteiger partial charge on any atom is -0.454 e. The molecule has 0 aromatic heterocycles. The van der Waals surface area contributed by atoms with Gasteiger partial charge in [-0.1, -0.05) is 118 Å². The molecular weight excluding hydrogens is 671 g/mol. The van der Waals surface area contributed by atoms with Crippen LogP contribution in [0.3, 0.4) is 0 Å². The van der Waals surface area contributed by atoms with Crippen molar-refractivity contribution >= 4 is 13.8 Å². The molecule has 51 heavy (non-hydrogen) atoms. The number of hydrogen-bond acceptors (Lipinski definition) is 10.